The highest BCUT2D eigenvalue weighted by Gasteiger charge is 2.36. The molecule has 1 saturated heterocycles. The standard InChI is InChI=1S/C24H20F5N3O2/c25-19-7-4-13(10-20(19)26)22-16-2-1-3-17(16)23(34)32(30-22)21-11-14(31-9-8-15(33)12-31)5-6-18(21)24(27,28)29/h4-7,10-11,15,33H,1-3,8-9,12H2/t15-/m0/s1. The van der Waals surface area contributed by atoms with Gasteiger partial charge in [-0.15, -0.1) is 0 Å². The van der Waals surface area contributed by atoms with Crippen molar-refractivity contribution in [3.05, 3.63) is 75.1 Å². The van der Waals surface area contributed by atoms with Crippen molar-refractivity contribution in [3.63, 3.8) is 0 Å². The van der Waals surface area contributed by atoms with E-state index in [1.54, 1.807) is 4.90 Å². The molecule has 3 aromatic rings. The van der Waals surface area contributed by atoms with E-state index in [1.165, 1.54) is 18.2 Å². The van der Waals surface area contributed by atoms with Crippen LogP contribution in [0, 0.1) is 11.6 Å². The number of alkyl halides is 3. The van der Waals surface area contributed by atoms with Gasteiger partial charge in [0.25, 0.3) is 5.56 Å². The van der Waals surface area contributed by atoms with E-state index in [4.69, 9.17) is 0 Å². The van der Waals surface area contributed by atoms with Gasteiger partial charge in [0.05, 0.1) is 23.0 Å². The zero-order valence-corrected chi connectivity index (χ0v) is 17.9. The summed E-state index contributed by atoms with van der Waals surface area (Å²) < 4.78 is 70.0. The SMILES string of the molecule is O=c1c2c(c(-c3ccc(F)c(F)c3)nn1-c1cc(N3CC[C@H](O)C3)ccc1C(F)(F)F)CCC2. The number of rotatable bonds is 3. The number of aliphatic hydroxyl groups excluding tert-OH is 1. The van der Waals surface area contributed by atoms with Gasteiger partial charge in [-0.2, -0.15) is 23.0 Å². The quantitative estimate of drug-likeness (QED) is 0.573. The van der Waals surface area contributed by atoms with Crippen molar-refractivity contribution in [2.45, 2.75) is 38.0 Å². The van der Waals surface area contributed by atoms with Crippen molar-refractivity contribution in [2.24, 2.45) is 0 Å². The number of benzene rings is 2. The molecule has 0 radical (unpaired) electrons. The number of halogens is 5. The summed E-state index contributed by atoms with van der Waals surface area (Å²) in [7, 11) is 0. The third-order valence-corrected chi connectivity index (χ3v) is 6.39. The molecule has 1 aliphatic carbocycles. The lowest BCUT2D eigenvalue weighted by Gasteiger charge is -2.22. The first-order valence-electron chi connectivity index (χ1n) is 10.9. The first-order valence-corrected chi connectivity index (χ1v) is 10.9. The lowest BCUT2D eigenvalue weighted by molar-refractivity contribution is -0.137. The highest BCUT2D eigenvalue weighted by molar-refractivity contribution is 5.66. The molecule has 34 heavy (non-hydrogen) atoms. The zero-order valence-electron chi connectivity index (χ0n) is 17.9. The Morgan fingerprint density at radius 2 is 1.76 bits per heavy atom. The van der Waals surface area contributed by atoms with Crippen LogP contribution in [0.15, 0.2) is 41.2 Å². The van der Waals surface area contributed by atoms with Crippen LogP contribution in [0.5, 0.6) is 0 Å². The van der Waals surface area contributed by atoms with Crippen LogP contribution in [-0.4, -0.2) is 34.1 Å². The van der Waals surface area contributed by atoms with Gasteiger partial charge in [0.15, 0.2) is 11.6 Å². The lowest BCUT2D eigenvalue weighted by atomic mass is 10.0. The van der Waals surface area contributed by atoms with Gasteiger partial charge in [-0.1, -0.05) is 0 Å². The third kappa shape index (κ3) is 3.85. The molecule has 5 nitrogen and oxygen atoms in total. The average Bonchev–Trinajstić information content (AvgIpc) is 3.45. The maximum atomic E-state index is 14.0. The smallest absolute Gasteiger partial charge is 0.391 e. The molecule has 0 bridgehead atoms. The van der Waals surface area contributed by atoms with Crippen LogP contribution in [0.3, 0.4) is 0 Å². The predicted molar refractivity (Wildman–Crippen MR) is 115 cm³/mol. The number of aliphatic hydroxyl groups is 1. The van der Waals surface area contributed by atoms with Crippen LogP contribution in [0.4, 0.5) is 27.6 Å². The van der Waals surface area contributed by atoms with Crippen molar-refractivity contribution in [1.82, 2.24) is 9.78 Å². The van der Waals surface area contributed by atoms with Gasteiger partial charge in [-0.25, -0.2) is 8.78 Å². The highest BCUT2D eigenvalue weighted by Crippen LogP contribution is 2.37. The van der Waals surface area contributed by atoms with Crippen molar-refractivity contribution in [1.29, 1.82) is 0 Å². The van der Waals surface area contributed by atoms with E-state index < -0.39 is 40.7 Å². The fraction of sp³-hybridized carbons (Fsp3) is 0.333. The average molecular weight is 477 g/mol. The molecule has 2 aliphatic rings. The molecule has 10 heteroatoms. The molecule has 1 aromatic heterocycles. The van der Waals surface area contributed by atoms with E-state index in [0.717, 1.165) is 22.9 Å². The van der Waals surface area contributed by atoms with Gasteiger partial charge in [-0.3, -0.25) is 4.79 Å². The zero-order chi connectivity index (χ0) is 24.2. The first-order chi connectivity index (χ1) is 16.1. The Balaban J connectivity index is 1.75. The molecule has 1 atom stereocenters. The van der Waals surface area contributed by atoms with Gasteiger partial charge >= 0.3 is 6.18 Å². The Kier molecular flexibility index (Phi) is 5.43. The summed E-state index contributed by atoms with van der Waals surface area (Å²) in [5.74, 6) is -2.18. The topological polar surface area (TPSA) is 58.4 Å². The molecule has 0 spiro atoms. The lowest BCUT2D eigenvalue weighted by Crippen LogP contribution is -2.29. The molecule has 1 aliphatic heterocycles. The van der Waals surface area contributed by atoms with Crippen LogP contribution in [0.25, 0.3) is 16.9 Å². The van der Waals surface area contributed by atoms with Crippen LogP contribution in [-0.2, 0) is 19.0 Å². The van der Waals surface area contributed by atoms with Gasteiger partial charge < -0.3 is 10.0 Å². The monoisotopic (exact) mass is 477 g/mol. The maximum Gasteiger partial charge on any atom is 0.418 e. The third-order valence-electron chi connectivity index (χ3n) is 6.39. The fourth-order valence-electron chi connectivity index (χ4n) is 4.72. The minimum Gasteiger partial charge on any atom is -0.391 e. The Hall–Kier alpha value is -3.27. The molecule has 0 unspecified atom stereocenters. The minimum absolute atomic E-state index is 0.154. The Labute approximate surface area is 191 Å². The van der Waals surface area contributed by atoms with Gasteiger partial charge in [-0.05, 0) is 67.6 Å². The number of fused-ring (bicyclic) bond motifs is 1. The van der Waals surface area contributed by atoms with E-state index in [2.05, 4.69) is 5.10 Å². The summed E-state index contributed by atoms with van der Waals surface area (Å²) in [6.45, 7) is 0.718. The normalized spacial score (nSPS) is 17.9. The second-order valence-electron chi connectivity index (χ2n) is 8.59. The Bertz CT molecular complexity index is 1340. The van der Waals surface area contributed by atoms with E-state index in [9.17, 15) is 31.9 Å². The molecule has 178 valence electrons. The molecule has 5 rings (SSSR count). The van der Waals surface area contributed by atoms with Crippen LogP contribution in [0.1, 0.15) is 29.5 Å². The van der Waals surface area contributed by atoms with E-state index in [1.807, 2.05) is 0 Å². The summed E-state index contributed by atoms with van der Waals surface area (Å²) >= 11 is 0. The summed E-state index contributed by atoms with van der Waals surface area (Å²) in [4.78, 5) is 15.0. The van der Waals surface area contributed by atoms with Crippen molar-refractivity contribution in [2.75, 3.05) is 18.0 Å². The second kappa shape index (κ2) is 8.19. The van der Waals surface area contributed by atoms with E-state index in [-0.39, 0.29) is 17.8 Å². The van der Waals surface area contributed by atoms with Crippen molar-refractivity contribution < 1.29 is 27.1 Å². The number of aromatic nitrogens is 2. The Morgan fingerprint density at radius 3 is 2.44 bits per heavy atom. The van der Waals surface area contributed by atoms with Crippen LogP contribution in [0.2, 0.25) is 0 Å². The van der Waals surface area contributed by atoms with Gasteiger partial charge in [0.2, 0.25) is 0 Å². The van der Waals surface area contributed by atoms with Crippen molar-refractivity contribution in [3.8, 4) is 16.9 Å². The maximum absolute atomic E-state index is 14.0. The fourth-order valence-corrected chi connectivity index (χ4v) is 4.72. The highest BCUT2D eigenvalue weighted by atomic mass is 19.4. The molecule has 1 N–H and O–H groups in total. The molecule has 1 fully saturated rings. The molecule has 0 saturated carbocycles. The van der Waals surface area contributed by atoms with Gasteiger partial charge in [0.1, 0.15) is 0 Å². The summed E-state index contributed by atoms with van der Waals surface area (Å²) in [5.41, 5.74) is -0.537. The number of hydrogen-bond acceptors (Lipinski definition) is 4. The first kappa shape index (κ1) is 22.5. The number of anilines is 1. The predicted octanol–water partition coefficient (Wildman–Crippen LogP) is 4.26. The Morgan fingerprint density at radius 1 is 1.00 bits per heavy atom. The number of β-amino-alcohol motifs (C(OH)–C–C–N with tert-alkyl or cyclic N) is 1. The number of nitrogens with zero attached hydrogens (tertiary/aromatic N) is 3. The molecule has 0 amide bonds. The van der Waals surface area contributed by atoms with Crippen molar-refractivity contribution >= 4 is 5.69 Å². The molecule has 2 heterocycles. The van der Waals surface area contributed by atoms with E-state index >= 15 is 0 Å². The molecular formula is C24H20F5N3O2. The summed E-state index contributed by atoms with van der Waals surface area (Å²) in [6, 6.07) is 6.58. The van der Waals surface area contributed by atoms with E-state index in [0.29, 0.717) is 49.0 Å². The molecular weight excluding hydrogens is 457 g/mol. The minimum atomic E-state index is -4.76. The molecule has 2 aromatic carbocycles. The summed E-state index contributed by atoms with van der Waals surface area (Å²) in [6.07, 6.45) is -3.46. The van der Waals surface area contributed by atoms with Gasteiger partial charge in [0, 0.05) is 29.9 Å². The number of hydrogen-bond donors (Lipinski definition) is 1. The van der Waals surface area contributed by atoms with Crippen LogP contribution >= 0.6 is 0 Å². The van der Waals surface area contributed by atoms with Crippen LogP contribution < -0.4 is 10.5 Å². The largest absolute Gasteiger partial charge is 0.418 e. The summed E-state index contributed by atoms with van der Waals surface area (Å²) in [5, 5.41) is 14.1. The second-order valence-corrected chi connectivity index (χ2v) is 8.59.